The molecule has 2 rings (SSSR count). The van der Waals surface area contributed by atoms with Gasteiger partial charge in [0, 0.05) is 24.3 Å². The van der Waals surface area contributed by atoms with Crippen molar-refractivity contribution in [3.05, 3.63) is 28.8 Å². The van der Waals surface area contributed by atoms with Crippen LogP contribution in [0.3, 0.4) is 0 Å². The van der Waals surface area contributed by atoms with Gasteiger partial charge in [-0.1, -0.05) is 11.6 Å². The van der Waals surface area contributed by atoms with Gasteiger partial charge in [0.15, 0.2) is 0 Å². The molecule has 0 unspecified atom stereocenters. The molecule has 0 atom stereocenters. The lowest BCUT2D eigenvalue weighted by Gasteiger charge is -2.29. The number of rotatable bonds is 3. The summed E-state index contributed by atoms with van der Waals surface area (Å²) in [6.45, 7) is 2.19. The van der Waals surface area contributed by atoms with Crippen molar-refractivity contribution < 1.29 is 0 Å². The lowest BCUT2D eigenvalue weighted by atomic mass is 10.1. The Morgan fingerprint density at radius 2 is 1.95 bits per heavy atom. The van der Waals surface area contributed by atoms with Crippen LogP contribution in [0, 0.1) is 0 Å². The van der Waals surface area contributed by atoms with Crippen LogP contribution in [0.1, 0.15) is 24.8 Å². The van der Waals surface area contributed by atoms with Crippen LogP contribution in [0.25, 0.3) is 0 Å². The predicted molar refractivity (Wildman–Crippen MR) is 80.9 cm³/mol. The van der Waals surface area contributed by atoms with Gasteiger partial charge in [-0.15, -0.1) is 5.10 Å². The summed E-state index contributed by atoms with van der Waals surface area (Å²) in [5.74, 6) is -0.0719. The second-order valence-electron chi connectivity index (χ2n) is 4.52. The van der Waals surface area contributed by atoms with E-state index in [0.29, 0.717) is 5.02 Å². The lowest BCUT2D eigenvalue weighted by molar-refractivity contribution is 0.578. The zero-order chi connectivity index (χ0) is 13.7. The number of nitrogens with zero attached hydrogens (tertiary/aromatic N) is 3. The molecular formula is C13H18ClN5. The minimum atomic E-state index is -0.0719. The largest absolute Gasteiger partial charge is 0.371 e. The summed E-state index contributed by atoms with van der Waals surface area (Å²) in [6, 6.07) is 5.94. The van der Waals surface area contributed by atoms with Crippen LogP contribution in [-0.2, 0) is 0 Å². The summed E-state index contributed by atoms with van der Waals surface area (Å²) in [5.41, 5.74) is 12.3. The summed E-state index contributed by atoms with van der Waals surface area (Å²) < 4.78 is 0. The number of halogens is 1. The van der Waals surface area contributed by atoms with E-state index in [-0.39, 0.29) is 5.96 Å². The quantitative estimate of drug-likeness (QED) is 0.504. The SMILES string of the molecule is NC(N)=NN=Cc1ccc(N2CCCCC2)cc1Cl. The average molecular weight is 280 g/mol. The van der Waals surface area contributed by atoms with Crippen molar-refractivity contribution in [3.8, 4) is 0 Å². The molecule has 5 nitrogen and oxygen atoms in total. The fourth-order valence-electron chi connectivity index (χ4n) is 2.13. The third-order valence-electron chi connectivity index (χ3n) is 3.08. The van der Waals surface area contributed by atoms with Crippen molar-refractivity contribution in [2.24, 2.45) is 21.7 Å². The Bertz CT molecular complexity index is 488. The van der Waals surface area contributed by atoms with Crippen LogP contribution >= 0.6 is 11.6 Å². The van der Waals surface area contributed by atoms with Crippen LogP contribution in [0.15, 0.2) is 28.4 Å². The summed E-state index contributed by atoms with van der Waals surface area (Å²) >= 11 is 6.24. The third kappa shape index (κ3) is 3.86. The Hall–Kier alpha value is -1.75. The van der Waals surface area contributed by atoms with Crippen molar-refractivity contribution >= 4 is 29.5 Å². The molecular weight excluding hydrogens is 262 g/mol. The summed E-state index contributed by atoms with van der Waals surface area (Å²) in [4.78, 5) is 2.35. The number of anilines is 1. The predicted octanol–water partition coefficient (Wildman–Crippen LogP) is 1.94. The molecule has 1 aromatic rings. The van der Waals surface area contributed by atoms with E-state index in [1.54, 1.807) is 6.21 Å². The highest BCUT2D eigenvalue weighted by Crippen LogP contribution is 2.25. The van der Waals surface area contributed by atoms with Gasteiger partial charge in [0.05, 0.1) is 11.2 Å². The van der Waals surface area contributed by atoms with Crippen LogP contribution in [0.5, 0.6) is 0 Å². The lowest BCUT2D eigenvalue weighted by Crippen LogP contribution is -2.29. The van der Waals surface area contributed by atoms with E-state index < -0.39 is 0 Å². The molecule has 4 N–H and O–H groups in total. The van der Waals surface area contributed by atoms with Gasteiger partial charge in [-0.25, -0.2) is 0 Å². The van der Waals surface area contributed by atoms with E-state index in [9.17, 15) is 0 Å². The highest BCUT2D eigenvalue weighted by molar-refractivity contribution is 6.33. The Labute approximate surface area is 117 Å². The van der Waals surface area contributed by atoms with Crippen LogP contribution in [-0.4, -0.2) is 25.3 Å². The molecule has 1 saturated heterocycles. The molecule has 1 fully saturated rings. The van der Waals surface area contributed by atoms with Crippen LogP contribution in [0.4, 0.5) is 5.69 Å². The number of nitrogens with two attached hydrogens (primary N) is 2. The average Bonchev–Trinajstić information content (AvgIpc) is 2.41. The van der Waals surface area contributed by atoms with E-state index in [2.05, 4.69) is 15.1 Å². The Morgan fingerprint density at radius 1 is 1.21 bits per heavy atom. The number of hydrogen-bond acceptors (Lipinski definition) is 3. The molecule has 0 spiro atoms. The first-order valence-electron chi connectivity index (χ1n) is 6.33. The van der Waals surface area contributed by atoms with E-state index >= 15 is 0 Å². The minimum Gasteiger partial charge on any atom is -0.371 e. The molecule has 102 valence electrons. The Kier molecular flexibility index (Phi) is 4.63. The minimum absolute atomic E-state index is 0.0719. The zero-order valence-electron chi connectivity index (χ0n) is 10.7. The third-order valence-corrected chi connectivity index (χ3v) is 3.40. The summed E-state index contributed by atoms with van der Waals surface area (Å²) in [6.07, 6.45) is 5.34. The Balaban J connectivity index is 2.12. The second-order valence-corrected chi connectivity index (χ2v) is 4.93. The van der Waals surface area contributed by atoms with Crippen molar-refractivity contribution in [2.45, 2.75) is 19.3 Å². The van der Waals surface area contributed by atoms with Gasteiger partial charge in [-0.2, -0.15) is 5.10 Å². The maximum atomic E-state index is 6.24. The number of benzene rings is 1. The highest BCUT2D eigenvalue weighted by Gasteiger charge is 2.11. The molecule has 0 bridgehead atoms. The van der Waals surface area contributed by atoms with Gasteiger partial charge >= 0.3 is 0 Å². The van der Waals surface area contributed by atoms with E-state index in [1.807, 2.05) is 18.2 Å². The smallest absolute Gasteiger partial charge is 0.211 e. The first kappa shape index (κ1) is 13.7. The van der Waals surface area contributed by atoms with Gasteiger partial charge in [-0.3, -0.25) is 0 Å². The molecule has 1 aromatic carbocycles. The fraction of sp³-hybridized carbons (Fsp3) is 0.385. The highest BCUT2D eigenvalue weighted by atomic mass is 35.5. The van der Waals surface area contributed by atoms with Crippen molar-refractivity contribution in [2.75, 3.05) is 18.0 Å². The first-order chi connectivity index (χ1) is 9.16. The van der Waals surface area contributed by atoms with Crippen molar-refractivity contribution in [3.63, 3.8) is 0 Å². The standard InChI is InChI=1S/C13H18ClN5/c14-12-8-11(19-6-2-1-3-7-19)5-4-10(12)9-17-18-13(15)16/h4-5,8-9H,1-3,6-7H2,(H4,15,16,18). The fourth-order valence-corrected chi connectivity index (χ4v) is 2.35. The molecule has 1 aliphatic heterocycles. The molecule has 0 aliphatic carbocycles. The first-order valence-corrected chi connectivity index (χ1v) is 6.71. The molecule has 6 heteroatoms. The molecule has 0 saturated carbocycles. The maximum Gasteiger partial charge on any atom is 0.211 e. The van der Waals surface area contributed by atoms with E-state index in [0.717, 1.165) is 24.3 Å². The molecule has 1 heterocycles. The number of piperidine rings is 1. The van der Waals surface area contributed by atoms with Crippen molar-refractivity contribution in [1.29, 1.82) is 0 Å². The van der Waals surface area contributed by atoms with Crippen LogP contribution < -0.4 is 16.4 Å². The molecule has 0 radical (unpaired) electrons. The van der Waals surface area contributed by atoms with Crippen LogP contribution in [0.2, 0.25) is 5.02 Å². The van der Waals surface area contributed by atoms with Gasteiger partial charge < -0.3 is 16.4 Å². The molecule has 19 heavy (non-hydrogen) atoms. The van der Waals surface area contributed by atoms with Crippen molar-refractivity contribution in [1.82, 2.24) is 0 Å². The number of guanidine groups is 1. The van der Waals surface area contributed by atoms with Gasteiger partial charge in [0.25, 0.3) is 0 Å². The molecule has 0 amide bonds. The monoisotopic (exact) mass is 279 g/mol. The van der Waals surface area contributed by atoms with Gasteiger partial charge in [-0.05, 0) is 37.5 Å². The molecule has 0 aromatic heterocycles. The van der Waals surface area contributed by atoms with Gasteiger partial charge in [0.1, 0.15) is 0 Å². The van der Waals surface area contributed by atoms with Gasteiger partial charge in [0.2, 0.25) is 5.96 Å². The molecule has 1 aliphatic rings. The maximum absolute atomic E-state index is 6.24. The zero-order valence-corrected chi connectivity index (χ0v) is 11.5. The normalized spacial score (nSPS) is 15.7. The van der Waals surface area contributed by atoms with E-state index in [1.165, 1.54) is 19.3 Å². The Morgan fingerprint density at radius 3 is 2.58 bits per heavy atom. The second kappa shape index (κ2) is 6.43. The number of hydrogen-bond donors (Lipinski definition) is 2. The summed E-state index contributed by atoms with van der Waals surface area (Å²) in [7, 11) is 0. The topological polar surface area (TPSA) is 80.0 Å². The van der Waals surface area contributed by atoms with E-state index in [4.69, 9.17) is 23.1 Å². The summed E-state index contributed by atoms with van der Waals surface area (Å²) in [5, 5.41) is 7.96.